The summed E-state index contributed by atoms with van der Waals surface area (Å²) in [6.45, 7) is 5.73. The van der Waals surface area contributed by atoms with Gasteiger partial charge in [-0.1, -0.05) is 13.8 Å². The number of pyridine rings is 1. The SMILES string of the molecule is CC(=O)c1cncc(C(C)C)c1. The molecular weight excluding hydrogens is 150 g/mol. The molecule has 0 fully saturated rings. The van der Waals surface area contributed by atoms with E-state index in [0.29, 0.717) is 11.5 Å². The third-order valence-corrected chi connectivity index (χ3v) is 1.83. The Morgan fingerprint density at radius 2 is 2.08 bits per heavy atom. The highest BCUT2D eigenvalue weighted by Gasteiger charge is 2.03. The Bertz CT molecular complexity index is 292. The number of hydrogen-bond acceptors (Lipinski definition) is 2. The van der Waals surface area contributed by atoms with Crippen molar-refractivity contribution in [2.45, 2.75) is 26.7 Å². The number of Topliss-reactive ketones (excluding diaryl/α,β-unsaturated/α-hetero) is 1. The maximum atomic E-state index is 11.0. The van der Waals surface area contributed by atoms with Crippen LogP contribution in [0.3, 0.4) is 0 Å². The van der Waals surface area contributed by atoms with Gasteiger partial charge in [0.05, 0.1) is 0 Å². The summed E-state index contributed by atoms with van der Waals surface area (Å²) in [6, 6.07) is 1.90. The second-order valence-corrected chi connectivity index (χ2v) is 3.22. The first-order chi connectivity index (χ1) is 5.61. The molecule has 0 aromatic carbocycles. The molecule has 0 aliphatic heterocycles. The maximum absolute atomic E-state index is 11.0. The van der Waals surface area contributed by atoms with Gasteiger partial charge in [-0.15, -0.1) is 0 Å². The van der Waals surface area contributed by atoms with E-state index in [-0.39, 0.29) is 5.78 Å². The van der Waals surface area contributed by atoms with E-state index in [2.05, 4.69) is 18.8 Å². The number of ketones is 1. The lowest BCUT2D eigenvalue weighted by Crippen LogP contribution is -1.96. The van der Waals surface area contributed by atoms with Crippen molar-refractivity contribution in [3.8, 4) is 0 Å². The monoisotopic (exact) mass is 163 g/mol. The molecule has 0 N–H and O–H groups in total. The number of rotatable bonds is 2. The molecule has 0 saturated carbocycles. The highest BCUT2D eigenvalue weighted by atomic mass is 16.1. The highest BCUT2D eigenvalue weighted by molar-refractivity contribution is 5.93. The number of aromatic nitrogens is 1. The van der Waals surface area contributed by atoms with Gasteiger partial charge in [0.2, 0.25) is 0 Å². The number of nitrogens with zero attached hydrogens (tertiary/aromatic N) is 1. The van der Waals surface area contributed by atoms with E-state index >= 15 is 0 Å². The van der Waals surface area contributed by atoms with Crippen LogP contribution in [0, 0.1) is 0 Å². The van der Waals surface area contributed by atoms with Crippen LogP contribution in [0.15, 0.2) is 18.5 Å². The average molecular weight is 163 g/mol. The molecule has 2 nitrogen and oxygen atoms in total. The first-order valence-electron chi connectivity index (χ1n) is 4.07. The third kappa shape index (κ3) is 1.91. The van der Waals surface area contributed by atoms with Gasteiger partial charge < -0.3 is 0 Å². The molecule has 12 heavy (non-hydrogen) atoms. The van der Waals surface area contributed by atoms with Gasteiger partial charge in [0.25, 0.3) is 0 Å². The van der Waals surface area contributed by atoms with Crippen LogP contribution in [0.4, 0.5) is 0 Å². The van der Waals surface area contributed by atoms with Gasteiger partial charge in [-0.2, -0.15) is 0 Å². The summed E-state index contributed by atoms with van der Waals surface area (Å²) in [7, 11) is 0. The van der Waals surface area contributed by atoms with E-state index in [0.717, 1.165) is 5.56 Å². The molecule has 0 unspecified atom stereocenters. The summed E-state index contributed by atoms with van der Waals surface area (Å²) in [4.78, 5) is 15.0. The second kappa shape index (κ2) is 3.48. The van der Waals surface area contributed by atoms with Gasteiger partial charge in [-0.25, -0.2) is 0 Å². The summed E-state index contributed by atoms with van der Waals surface area (Å²) >= 11 is 0. The molecule has 1 heterocycles. The largest absolute Gasteiger partial charge is 0.294 e. The smallest absolute Gasteiger partial charge is 0.161 e. The molecule has 0 atom stereocenters. The average Bonchev–Trinajstić information content (AvgIpc) is 2.04. The van der Waals surface area contributed by atoms with Gasteiger partial charge in [0.15, 0.2) is 5.78 Å². The molecular formula is C10H13NO. The lowest BCUT2D eigenvalue weighted by molar-refractivity contribution is 0.101. The van der Waals surface area contributed by atoms with Gasteiger partial charge in [0, 0.05) is 18.0 Å². The summed E-state index contributed by atoms with van der Waals surface area (Å²) in [5.41, 5.74) is 1.81. The summed E-state index contributed by atoms with van der Waals surface area (Å²) in [5, 5.41) is 0. The van der Waals surface area contributed by atoms with Crippen LogP contribution in [0.2, 0.25) is 0 Å². The third-order valence-electron chi connectivity index (χ3n) is 1.83. The Kier molecular flexibility index (Phi) is 2.58. The first kappa shape index (κ1) is 8.91. The Balaban J connectivity index is 3.04. The van der Waals surface area contributed by atoms with Crippen molar-refractivity contribution < 1.29 is 4.79 Å². The minimum atomic E-state index is 0.0741. The summed E-state index contributed by atoms with van der Waals surface area (Å²) in [6.07, 6.45) is 3.41. The molecule has 0 spiro atoms. The lowest BCUT2D eigenvalue weighted by Gasteiger charge is -2.04. The van der Waals surface area contributed by atoms with E-state index in [1.807, 2.05) is 6.07 Å². The van der Waals surface area contributed by atoms with Gasteiger partial charge in [0.1, 0.15) is 0 Å². The first-order valence-corrected chi connectivity index (χ1v) is 4.07. The molecule has 0 bridgehead atoms. The van der Waals surface area contributed by atoms with Crippen molar-refractivity contribution in [1.82, 2.24) is 4.98 Å². The molecule has 0 aliphatic carbocycles. The van der Waals surface area contributed by atoms with Crippen molar-refractivity contribution in [2.24, 2.45) is 0 Å². The van der Waals surface area contributed by atoms with Crippen LogP contribution in [0.5, 0.6) is 0 Å². The van der Waals surface area contributed by atoms with Crippen LogP contribution in [-0.2, 0) is 0 Å². The fourth-order valence-corrected chi connectivity index (χ4v) is 0.966. The van der Waals surface area contributed by atoms with Crippen molar-refractivity contribution in [1.29, 1.82) is 0 Å². The minimum absolute atomic E-state index is 0.0741. The Hall–Kier alpha value is -1.18. The molecule has 2 heteroatoms. The zero-order chi connectivity index (χ0) is 9.14. The van der Waals surface area contributed by atoms with Crippen molar-refractivity contribution in [3.63, 3.8) is 0 Å². The van der Waals surface area contributed by atoms with E-state index in [9.17, 15) is 4.79 Å². The molecule has 0 amide bonds. The van der Waals surface area contributed by atoms with Crippen molar-refractivity contribution >= 4 is 5.78 Å². The molecule has 1 aromatic heterocycles. The molecule has 0 radical (unpaired) electrons. The van der Waals surface area contributed by atoms with E-state index in [4.69, 9.17) is 0 Å². The molecule has 64 valence electrons. The van der Waals surface area contributed by atoms with E-state index in [1.54, 1.807) is 19.3 Å². The quantitative estimate of drug-likeness (QED) is 0.626. The maximum Gasteiger partial charge on any atom is 0.161 e. The minimum Gasteiger partial charge on any atom is -0.294 e. The van der Waals surface area contributed by atoms with Crippen molar-refractivity contribution in [2.75, 3.05) is 0 Å². The predicted octanol–water partition coefficient (Wildman–Crippen LogP) is 2.41. The molecule has 0 aliphatic rings. The van der Waals surface area contributed by atoms with E-state index in [1.165, 1.54) is 0 Å². The summed E-state index contributed by atoms with van der Waals surface area (Å²) in [5.74, 6) is 0.502. The standard InChI is InChI=1S/C10H13NO/c1-7(2)9-4-10(8(3)12)6-11-5-9/h4-7H,1-3H3. The van der Waals surface area contributed by atoms with Crippen LogP contribution in [-0.4, -0.2) is 10.8 Å². The highest BCUT2D eigenvalue weighted by Crippen LogP contribution is 2.13. The summed E-state index contributed by atoms with van der Waals surface area (Å²) < 4.78 is 0. The fraction of sp³-hybridized carbons (Fsp3) is 0.400. The Morgan fingerprint density at radius 1 is 1.42 bits per heavy atom. The molecule has 1 aromatic rings. The normalized spacial score (nSPS) is 10.3. The number of carbonyl (C=O) groups is 1. The molecule has 0 saturated heterocycles. The Labute approximate surface area is 72.6 Å². The van der Waals surface area contributed by atoms with Gasteiger partial charge >= 0.3 is 0 Å². The van der Waals surface area contributed by atoms with Crippen molar-refractivity contribution in [3.05, 3.63) is 29.6 Å². The van der Waals surface area contributed by atoms with Crippen LogP contribution >= 0.6 is 0 Å². The zero-order valence-electron chi connectivity index (χ0n) is 7.66. The van der Waals surface area contributed by atoms with E-state index < -0.39 is 0 Å². The number of carbonyl (C=O) groups excluding carboxylic acids is 1. The lowest BCUT2D eigenvalue weighted by atomic mass is 10.0. The molecule has 1 rings (SSSR count). The zero-order valence-corrected chi connectivity index (χ0v) is 7.66. The van der Waals surface area contributed by atoms with Gasteiger partial charge in [-0.05, 0) is 24.5 Å². The second-order valence-electron chi connectivity index (χ2n) is 3.22. The van der Waals surface area contributed by atoms with Crippen LogP contribution in [0.25, 0.3) is 0 Å². The van der Waals surface area contributed by atoms with Gasteiger partial charge in [-0.3, -0.25) is 9.78 Å². The Morgan fingerprint density at radius 3 is 2.58 bits per heavy atom. The number of hydrogen-bond donors (Lipinski definition) is 0. The van der Waals surface area contributed by atoms with Crippen LogP contribution in [0.1, 0.15) is 42.6 Å². The predicted molar refractivity (Wildman–Crippen MR) is 48.3 cm³/mol. The van der Waals surface area contributed by atoms with Crippen LogP contribution < -0.4 is 0 Å². The topological polar surface area (TPSA) is 30.0 Å². The fourth-order valence-electron chi connectivity index (χ4n) is 0.966.